The minimum absolute atomic E-state index is 0.216. The summed E-state index contributed by atoms with van der Waals surface area (Å²) < 4.78 is 5.32. The topological polar surface area (TPSA) is 43.4 Å². The highest BCUT2D eigenvalue weighted by atomic mass is 16.6. The molecule has 0 unspecified atom stereocenters. The first kappa shape index (κ1) is 13.4. The lowest BCUT2D eigenvalue weighted by molar-refractivity contribution is -0.161. The van der Waals surface area contributed by atoms with Crippen LogP contribution in [0.1, 0.15) is 36.7 Å². The summed E-state index contributed by atoms with van der Waals surface area (Å²) in [6.45, 7) is 5.26. The van der Waals surface area contributed by atoms with E-state index in [0.717, 1.165) is 5.56 Å². The Labute approximate surface area is 113 Å². The summed E-state index contributed by atoms with van der Waals surface area (Å²) in [4.78, 5) is 24.7. The molecule has 3 heteroatoms. The number of Topliss-reactive ketones (excluding diaryl/α,β-unsaturated/α-hetero) is 1. The van der Waals surface area contributed by atoms with Crippen LogP contribution in [0.25, 0.3) is 0 Å². The molecule has 2 rings (SSSR count). The van der Waals surface area contributed by atoms with Crippen LogP contribution in [0, 0.1) is 17.8 Å². The molecule has 1 aromatic carbocycles. The second-order valence-corrected chi connectivity index (χ2v) is 5.71. The van der Waals surface area contributed by atoms with Crippen LogP contribution in [0.5, 0.6) is 0 Å². The van der Waals surface area contributed by atoms with Crippen molar-refractivity contribution >= 4 is 11.8 Å². The van der Waals surface area contributed by atoms with Gasteiger partial charge >= 0.3 is 5.97 Å². The lowest BCUT2D eigenvalue weighted by Crippen LogP contribution is -2.41. The molecule has 98 valence electrons. The van der Waals surface area contributed by atoms with Crippen molar-refractivity contribution in [3.05, 3.63) is 35.4 Å². The van der Waals surface area contributed by atoms with E-state index in [-0.39, 0.29) is 12.2 Å². The summed E-state index contributed by atoms with van der Waals surface area (Å²) in [7, 11) is 0. The number of fused-ring (bicyclic) bond motifs is 1. The number of ether oxygens (including phenoxy) is 1. The monoisotopic (exact) mass is 256 g/mol. The molecule has 0 aliphatic heterocycles. The van der Waals surface area contributed by atoms with E-state index in [4.69, 9.17) is 11.2 Å². The number of hydrogen-bond donors (Lipinski definition) is 0. The molecule has 1 aromatic rings. The quantitative estimate of drug-likeness (QED) is 0.440. The average molecular weight is 256 g/mol. The van der Waals surface area contributed by atoms with Crippen molar-refractivity contribution < 1.29 is 14.3 Å². The molecule has 0 saturated heterocycles. The van der Waals surface area contributed by atoms with Crippen LogP contribution in [-0.4, -0.2) is 17.4 Å². The standard InChI is InChI=1S/C16H16O3/c1-5-16(14(18)19-15(2,3)4)10-11-8-6-7-9-12(11)13(16)17/h1,6-9H,10H2,2-4H3/t16-/m1/s1. The van der Waals surface area contributed by atoms with Crippen molar-refractivity contribution in [2.75, 3.05) is 0 Å². The molecular weight excluding hydrogens is 240 g/mol. The summed E-state index contributed by atoms with van der Waals surface area (Å²) in [5.41, 5.74) is -0.852. The number of carbonyl (C=O) groups is 2. The number of carbonyl (C=O) groups excluding carboxylic acids is 2. The van der Waals surface area contributed by atoms with Crippen LogP contribution < -0.4 is 0 Å². The van der Waals surface area contributed by atoms with Gasteiger partial charge in [-0.3, -0.25) is 4.79 Å². The van der Waals surface area contributed by atoms with E-state index >= 15 is 0 Å². The molecule has 3 nitrogen and oxygen atoms in total. The SMILES string of the molecule is C#C[C@@]1(C(=O)OC(C)(C)C)Cc2ccccc2C1=O. The Hall–Kier alpha value is -2.08. The zero-order valence-corrected chi connectivity index (χ0v) is 11.3. The largest absolute Gasteiger partial charge is 0.458 e. The molecule has 19 heavy (non-hydrogen) atoms. The molecule has 0 aromatic heterocycles. The summed E-state index contributed by atoms with van der Waals surface area (Å²) in [5, 5.41) is 0. The fourth-order valence-corrected chi connectivity index (χ4v) is 2.20. The predicted molar refractivity (Wildman–Crippen MR) is 71.6 cm³/mol. The third kappa shape index (κ3) is 2.15. The second kappa shape index (κ2) is 4.24. The Morgan fingerprint density at radius 3 is 2.53 bits per heavy atom. The Morgan fingerprint density at radius 1 is 1.37 bits per heavy atom. The van der Waals surface area contributed by atoms with Gasteiger partial charge in [-0.05, 0) is 26.3 Å². The first-order chi connectivity index (χ1) is 8.80. The van der Waals surface area contributed by atoms with Gasteiger partial charge in [0.2, 0.25) is 0 Å². The number of benzene rings is 1. The molecule has 0 spiro atoms. The van der Waals surface area contributed by atoms with E-state index in [9.17, 15) is 9.59 Å². The Bertz CT molecular complexity index is 587. The van der Waals surface area contributed by atoms with E-state index in [1.165, 1.54) is 0 Å². The molecule has 0 amide bonds. The highest BCUT2D eigenvalue weighted by Crippen LogP contribution is 2.38. The minimum atomic E-state index is -1.50. The van der Waals surface area contributed by atoms with Crippen LogP contribution in [0.15, 0.2) is 24.3 Å². The number of ketones is 1. The van der Waals surface area contributed by atoms with Gasteiger partial charge in [0.05, 0.1) is 0 Å². The first-order valence-electron chi connectivity index (χ1n) is 6.14. The van der Waals surface area contributed by atoms with Crippen LogP contribution in [0.3, 0.4) is 0 Å². The lowest BCUT2D eigenvalue weighted by Gasteiger charge is -2.26. The molecular formula is C16H16O3. The van der Waals surface area contributed by atoms with Gasteiger partial charge in [-0.15, -0.1) is 6.42 Å². The van der Waals surface area contributed by atoms with Gasteiger partial charge in [0.15, 0.2) is 11.2 Å². The average Bonchev–Trinajstić information content (AvgIpc) is 2.62. The van der Waals surface area contributed by atoms with Crippen molar-refractivity contribution in [3.63, 3.8) is 0 Å². The van der Waals surface area contributed by atoms with Crippen molar-refractivity contribution in [1.82, 2.24) is 0 Å². The number of esters is 1. The Balaban J connectivity index is 2.41. The highest BCUT2D eigenvalue weighted by Gasteiger charge is 2.52. The third-order valence-corrected chi connectivity index (χ3v) is 3.10. The summed E-state index contributed by atoms with van der Waals surface area (Å²) in [6, 6.07) is 7.10. The zero-order valence-electron chi connectivity index (χ0n) is 11.3. The van der Waals surface area contributed by atoms with Crippen LogP contribution in [0.4, 0.5) is 0 Å². The molecule has 0 radical (unpaired) electrons. The second-order valence-electron chi connectivity index (χ2n) is 5.71. The van der Waals surface area contributed by atoms with Crippen molar-refractivity contribution in [2.24, 2.45) is 5.41 Å². The van der Waals surface area contributed by atoms with Crippen molar-refractivity contribution in [2.45, 2.75) is 32.8 Å². The van der Waals surface area contributed by atoms with Gasteiger partial charge in [0.25, 0.3) is 0 Å². The van der Waals surface area contributed by atoms with Crippen molar-refractivity contribution in [3.8, 4) is 12.3 Å². The number of terminal acetylenes is 1. The summed E-state index contributed by atoms with van der Waals surface area (Å²) in [5.74, 6) is 1.40. The van der Waals surface area contributed by atoms with E-state index in [1.54, 1.807) is 32.9 Å². The minimum Gasteiger partial charge on any atom is -0.458 e. The van der Waals surface area contributed by atoms with Gasteiger partial charge in [-0.1, -0.05) is 30.2 Å². The summed E-state index contributed by atoms with van der Waals surface area (Å²) >= 11 is 0. The van der Waals surface area contributed by atoms with Gasteiger partial charge in [0, 0.05) is 12.0 Å². The lowest BCUT2D eigenvalue weighted by atomic mass is 9.84. The number of hydrogen-bond acceptors (Lipinski definition) is 3. The smallest absolute Gasteiger partial charge is 0.333 e. The van der Waals surface area contributed by atoms with Crippen LogP contribution in [-0.2, 0) is 16.0 Å². The first-order valence-corrected chi connectivity index (χ1v) is 6.14. The van der Waals surface area contributed by atoms with Gasteiger partial charge in [-0.25, -0.2) is 4.79 Å². The molecule has 0 bridgehead atoms. The predicted octanol–water partition coefficient (Wildman–Crippen LogP) is 2.39. The van der Waals surface area contributed by atoms with Gasteiger partial charge < -0.3 is 4.74 Å². The number of rotatable bonds is 1. The normalized spacial score (nSPS) is 21.7. The Morgan fingerprint density at radius 2 is 2.00 bits per heavy atom. The van der Waals surface area contributed by atoms with Crippen LogP contribution in [0.2, 0.25) is 0 Å². The van der Waals surface area contributed by atoms with Crippen molar-refractivity contribution in [1.29, 1.82) is 0 Å². The van der Waals surface area contributed by atoms with Crippen LogP contribution >= 0.6 is 0 Å². The maximum Gasteiger partial charge on any atom is 0.333 e. The fourth-order valence-electron chi connectivity index (χ4n) is 2.20. The fraction of sp³-hybridized carbons (Fsp3) is 0.375. The molecule has 0 N–H and O–H groups in total. The molecule has 0 fully saturated rings. The molecule has 0 heterocycles. The Kier molecular flexibility index (Phi) is 2.98. The van der Waals surface area contributed by atoms with E-state index in [0.29, 0.717) is 5.56 Å². The maximum absolute atomic E-state index is 12.4. The zero-order chi connectivity index (χ0) is 14.3. The van der Waals surface area contributed by atoms with E-state index < -0.39 is 17.0 Å². The molecule has 1 atom stereocenters. The molecule has 1 aliphatic carbocycles. The van der Waals surface area contributed by atoms with E-state index in [2.05, 4.69) is 5.92 Å². The molecule has 0 saturated carbocycles. The van der Waals surface area contributed by atoms with Gasteiger partial charge in [0.1, 0.15) is 5.60 Å². The van der Waals surface area contributed by atoms with Gasteiger partial charge in [-0.2, -0.15) is 0 Å². The summed E-state index contributed by atoms with van der Waals surface area (Å²) in [6.07, 6.45) is 5.70. The maximum atomic E-state index is 12.4. The third-order valence-electron chi connectivity index (χ3n) is 3.10. The molecule has 1 aliphatic rings. The highest BCUT2D eigenvalue weighted by molar-refractivity contribution is 6.18. The van der Waals surface area contributed by atoms with E-state index in [1.807, 2.05) is 12.1 Å².